The Morgan fingerprint density at radius 3 is 2.37 bits per heavy atom. The van der Waals surface area contributed by atoms with Gasteiger partial charge in [0, 0.05) is 18.8 Å². The number of para-hydroxylation sites is 1. The highest BCUT2D eigenvalue weighted by Gasteiger charge is 2.01. The van der Waals surface area contributed by atoms with Crippen LogP contribution < -0.4 is 10.6 Å². The van der Waals surface area contributed by atoms with E-state index in [1.165, 1.54) is 18.2 Å². The number of halogens is 3. The van der Waals surface area contributed by atoms with Crippen LogP contribution in [0.15, 0.2) is 42.5 Å². The molecule has 2 N–H and O–H groups in total. The van der Waals surface area contributed by atoms with Gasteiger partial charge in [-0.25, -0.2) is 8.78 Å². The molecule has 0 bridgehead atoms. The standard InChI is InChI=1S/C14H13ClF2N2/c15-11-9-10(5-6-12(11)16)18-7-8-19-14-4-2-1-3-13(14)17/h1-6,9,18-19H,7-8H2. The van der Waals surface area contributed by atoms with Crippen LogP contribution >= 0.6 is 11.6 Å². The van der Waals surface area contributed by atoms with Crippen molar-refractivity contribution in [3.8, 4) is 0 Å². The summed E-state index contributed by atoms with van der Waals surface area (Å²) < 4.78 is 26.2. The van der Waals surface area contributed by atoms with Gasteiger partial charge in [0.25, 0.3) is 0 Å². The minimum absolute atomic E-state index is 0.0760. The van der Waals surface area contributed by atoms with Crippen molar-refractivity contribution >= 4 is 23.0 Å². The molecule has 0 atom stereocenters. The quantitative estimate of drug-likeness (QED) is 0.805. The van der Waals surface area contributed by atoms with Gasteiger partial charge in [0.2, 0.25) is 0 Å². The first kappa shape index (κ1) is 13.6. The minimum atomic E-state index is -0.448. The molecule has 2 rings (SSSR count). The summed E-state index contributed by atoms with van der Waals surface area (Å²) in [6.07, 6.45) is 0. The SMILES string of the molecule is Fc1ccc(NCCNc2ccccc2F)cc1Cl. The molecular weight excluding hydrogens is 270 g/mol. The molecule has 0 heterocycles. The summed E-state index contributed by atoms with van der Waals surface area (Å²) in [5, 5.41) is 6.11. The molecule has 0 saturated carbocycles. The third-order valence-corrected chi connectivity index (χ3v) is 2.85. The fourth-order valence-electron chi connectivity index (χ4n) is 1.61. The molecule has 2 aromatic carbocycles. The predicted molar refractivity (Wildman–Crippen MR) is 74.8 cm³/mol. The van der Waals surface area contributed by atoms with Crippen molar-refractivity contribution in [3.05, 3.63) is 59.1 Å². The maximum Gasteiger partial charge on any atom is 0.146 e. The summed E-state index contributed by atoms with van der Waals surface area (Å²) in [7, 11) is 0. The second-order valence-electron chi connectivity index (χ2n) is 3.96. The summed E-state index contributed by atoms with van der Waals surface area (Å²) in [4.78, 5) is 0. The van der Waals surface area contributed by atoms with E-state index in [1.54, 1.807) is 24.3 Å². The third-order valence-electron chi connectivity index (χ3n) is 2.56. The average Bonchev–Trinajstić information content (AvgIpc) is 2.40. The number of anilines is 2. The fraction of sp³-hybridized carbons (Fsp3) is 0.143. The van der Waals surface area contributed by atoms with Gasteiger partial charge in [-0.15, -0.1) is 0 Å². The molecule has 0 fully saturated rings. The summed E-state index contributed by atoms with van der Waals surface area (Å²) in [6.45, 7) is 1.10. The van der Waals surface area contributed by atoms with Gasteiger partial charge >= 0.3 is 0 Å². The zero-order chi connectivity index (χ0) is 13.7. The summed E-state index contributed by atoms with van der Waals surface area (Å²) >= 11 is 5.66. The molecule has 0 aliphatic rings. The van der Waals surface area contributed by atoms with Gasteiger partial charge in [0.15, 0.2) is 0 Å². The van der Waals surface area contributed by atoms with Crippen molar-refractivity contribution in [2.45, 2.75) is 0 Å². The van der Waals surface area contributed by atoms with Crippen LogP contribution in [-0.4, -0.2) is 13.1 Å². The second-order valence-corrected chi connectivity index (χ2v) is 4.37. The lowest BCUT2D eigenvalue weighted by Crippen LogP contribution is -2.14. The van der Waals surface area contributed by atoms with Gasteiger partial charge < -0.3 is 10.6 Å². The Bertz CT molecular complexity index is 561. The van der Waals surface area contributed by atoms with Crippen molar-refractivity contribution < 1.29 is 8.78 Å². The first-order chi connectivity index (χ1) is 9.16. The van der Waals surface area contributed by atoms with Crippen LogP contribution in [0.2, 0.25) is 5.02 Å². The Kier molecular flexibility index (Phi) is 4.58. The monoisotopic (exact) mass is 282 g/mol. The van der Waals surface area contributed by atoms with E-state index in [2.05, 4.69) is 10.6 Å². The van der Waals surface area contributed by atoms with Crippen LogP contribution in [-0.2, 0) is 0 Å². The highest BCUT2D eigenvalue weighted by Crippen LogP contribution is 2.19. The molecule has 0 radical (unpaired) electrons. The number of nitrogens with one attached hydrogen (secondary N) is 2. The molecule has 0 amide bonds. The Labute approximate surface area is 115 Å². The second kappa shape index (κ2) is 6.38. The van der Waals surface area contributed by atoms with Gasteiger partial charge in [-0.05, 0) is 30.3 Å². The molecule has 0 spiro atoms. The lowest BCUT2D eigenvalue weighted by molar-refractivity contribution is 0.628. The molecule has 2 aromatic rings. The van der Waals surface area contributed by atoms with Gasteiger partial charge in [-0.1, -0.05) is 23.7 Å². The number of hydrogen-bond donors (Lipinski definition) is 2. The van der Waals surface area contributed by atoms with Crippen molar-refractivity contribution in [3.63, 3.8) is 0 Å². The molecule has 0 aromatic heterocycles. The molecule has 2 nitrogen and oxygen atoms in total. The fourth-order valence-corrected chi connectivity index (χ4v) is 1.80. The largest absolute Gasteiger partial charge is 0.383 e. The van der Waals surface area contributed by atoms with Gasteiger partial charge in [0.05, 0.1) is 10.7 Å². The molecule has 19 heavy (non-hydrogen) atoms. The van der Waals surface area contributed by atoms with E-state index in [9.17, 15) is 8.78 Å². The normalized spacial score (nSPS) is 10.3. The van der Waals surface area contributed by atoms with E-state index in [4.69, 9.17) is 11.6 Å². The van der Waals surface area contributed by atoms with Gasteiger partial charge in [0.1, 0.15) is 11.6 Å². The Balaban J connectivity index is 1.81. The smallest absolute Gasteiger partial charge is 0.146 e. The van der Waals surface area contributed by atoms with E-state index < -0.39 is 5.82 Å². The number of rotatable bonds is 5. The van der Waals surface area contributed by atoms with Gasteiger partial charge in [-0.3, -0.25) is 0 Å². The van der Waals surface area contributed by atoms with E-state index in [-0.39, 0.29) is 10.8 Å². The molecule has 0 saturated heterocycles. The topological polar surface area (TPSA) is 24.1 Å². The van der Waals surface area contributed by atoms with E-state index in [1.807, 2.05) is 0 Å². The van der Waals surface area contributed by atoms with E-state index >= 15 is 0 Å². The molecule has 100 valence electrons. The zero-order valence-electron chi connectivity index (χ0n) is 10.1. The molecule has 5 heteroatoms. The van der Waals surface area contributed by atoms with E-state index in [0.29, 0.717) is 18.8 Å². The zero-order valence-corrected chi connectivity index (χ0v) is 10.8. The maximum atomic E-state index is 13.3. The average molecular weight is 283 g/mol. The minimum Gasteiger partial charge on any atom is -0.383 e. The Hall–Kier alpha value is -1.81. The maximum absolute atomic E-state index is 13.3. The third kappa shape index (κ3) is 3.83. The van der Waals surface area contributed by atoms with Crippen LogP contribution in [0.25, 0.3) is 0 Å². The highest BCUT2D eigenvalue weighted by molar-refractivity contribution is 6.31. The van der Waals surface area contributed by atoms with Crippen molar-refractivity contribution in [1.82, 2.24) is 0 Å². The molecule has 0 aliphatic carbocycles. The summed E-state index contributed by atoms with van der Waals surface area (Å²) in [6, 6.07) is 10.9. The lowest BCUT2D eigenvalue weighted by Gasteiger charge is -2.09. The van der Waals surface area contributed by atoms with Gasteiger partial charge in [-0.2, -0.15) is 0 Å². The lowest BCUT2D eigenvalue weighted by atomic mass is 10.3. The summed E-state index contributed by atoms with van der Waals surface area (Å²) in [5.41, 5.74) is 1.18. The predicted octanol–water partition coefficient (Wildman–Crippen LogP) is 4.14. The highest BCUT2D eigenvalue weighted by atomic mass is 35.5. The first-order valence-electron chi connectivity index (χ1n) is 5.84. The van der Waals surface area contributed by atoms with E-state index in [0.717, 1.165) is 5.69 Å². The Morgan fingerprint density at radius 1 is 0.895 bits per heavy atom. The van der Waals surface area contributed by atoms with Crippen LogP contribution in [0.4, 0.5) is 20.2 Å². The van der Waals surface area contributed by atoms with Crippen LogP contribution in [0.1, 0.15) is 0 Å². The Morgan fingerprint density at radius 2 is 1.63 bits per heavy atom. The van der Waals surface area contributed by atoms with Crippen LogP contribution in [0.5, 0.6) is 0 Å². The molecule has 0 aliphatic heterocycles. The number of benzene rings is 2. The van der Waals surface area contributed by atoms with Crippen LogP contribution in [0, 0.1) is 11.6 Å². The van der Waals surface area contributed by atoms with Crippen molar-refractivity contribution in [2.75, 3.05) is 23.7 Å². The van der Waals surface area contributed by atoms with Crippen molar-refractivity contribution in [1.29, 1.82) is 0 Å². The summed E-state index contributed by atoms with van der Waals surface area (Å²) in [5.74, 6) is -0.732. The molecular formula is C14H13ClF2N2. The van der Waals surface area contributed by atoms with Crippen LogP contribution in [0.3, 0.4) is 0 Å². The number of hydrogen-bond acceptors (Lipinski definition) is 2. The molecule has 0 unspecified atom stereocenters. The van der Waals surface area contributed by atoms with Crippen molar-refractivity contribution in [2.24, 2.45) is 0 Å². The first-order valence-corrected chi connectivity index (χ1v) is 6.22.